The third-order valence-corrected chi connectivity index (χ3v) is 4.20. The molecule has 1 saturated carbocycles. The van der Waals surface area contributed by atoms with Crippen LogP contribution in [0.3, 0.4) is 0 Å². The molecule has 0 bridgehead atoms. The quantitative estimate of drug-likeness (QED) is 0.880. The summed E-state index contributed by atoms with van der Waals surface area (Å²) in [5.41, 5.74) is 6.25. The zero-order valence-electron chi connectivity index (χ0n) is 12.4. The van der Waals surface area contributed by atoms with Crippen LogP contribution in [0.5, 0.6) is 11.6 Å². The first kappa shape index (κ1) is 14.1. The Morgan fingerprint density at radius 3 is 2.86 bits per heavy atom. The zero-order chi connectivity index (χ0) is 14.7. The van der Waals surface area contributed by atoms with Crippen molar-refractivity contribution in [2.75, 3.05) is 7.11 Å². The van der Waals surface area contributed by atoms with E-state index in [4.69, 9.17) is 15.2 Å². The zero-order valence-corrected chi connectivity index (χ0v) is 12.4. The largest absolute Gasteiger partial charge is 0.497 e. The van der Waals surface area contributed by atoms with Gasteiger partial charge in [-0.15, -0.1) is 0 Å². The number of pyridine rings is 1. The van der Waals surface area contributed by atoms with Gasteiger partial charge < -0.3 is 15.2 Å². The number of benzene rings is 1. The second kappa shape index (κ2) is 6.31. The van der Waals surface area contributed by atoms with Crippen LogP contribution in [-0.2, 0) is 0 Å². The van der Waals surface area contributed by atoms with E-state index >= 15 is 0 Å². The van der Waals surface area contributed by atoms with E-state index in [0.717, 1.165) is 29.4 Å². The van der Waals surface area contributed by atoms with E-state index < -0.39 is 0 Å². The van der Waals surface area contributed by atoms with Crippen molar-refractivity contribution in [3.05, 3.63) is 30.5 Å². The molecular weight excluding hydrogens is 264 g/mol. The predicted molar refractivity (Wildman–Crippen MR) is 83.8 cm³/mol. The minimum absolute atomic E-state index is 0.0526. The highest BCUT2D eigenvalue weighted by atomic mass is 16.5. The lowest BCUT2D eigenvalue weighted by atomic mass is 10.1. The van der Waals surface area contributed by atoms with E-state index in [1.807, 2.05) is 24.3 Å². The second-order valence-electron chi connectivity index (χ2n) is 5.66. The number of rotatable bonds is 3. The average Bonchev–Trinajstić information content (AvgIpc) is 2.72. The Morgan fingerprint density at radius 1 is 1.14 bits per heavy atom. The number of hydrogen-bond donors (Lipinski definition) is 1. The van der Waals surface area contributed by atoms with Gasteiger partial charge >= 0.3 is 0 Å². The molecule has 1 aliphatic carbocycles. The summed E-state index contributed by atoms with van der Waals surface area (Å²) < 4.78 is 11.5. The van der Waals surface area contributed by atoms with Gasteiger partial charge in [-0.05, 0) is 42.8 Å². The minimum atomic E-state index is 0.0526. The molecule has 2 atom stereocenters. The van der Waals surface area contributed by atoms with Crippen molar-refractivity contribution < 1.29 is 9.47 Å². The fraction of sp³-hybridized carbons (Fsp3) is 0.471. The average molecular weight is 286 g/mol. The minimum Gasteiger partial charge on any atom is -0.497 e. The molecule has 4 nitrogen and oxygen atoms in total. The van der Waals surface area contributed by atoms with Crippen LogP contribution < -0.4 is 15.2 Å². The molecule has 2 unspecified atom stereocenters. The molecule has 1 aromatic heterocycles. The molecule has 2 N–H and O–H groups in total. The smallest absolute Gasteiger partial charge is 0.221 e. The Balaban J connectivity index is 1.92. The van der Waals surface area contributed by atoms with Gasteiger partial charge in [0.25, 0.3) is 0 Å². The summed E-state index contributed by atoms with van der Waals surface area (Å²) in [5, 5.41) is 2.08. The topological polar surface area (TPSA) is 57.4 Å². The first-order chi connectivity index (χ1) is 10.3. The van der Waals surface area contributed by atoms with Gasteiger partial charge in [0.05, 0.1) is 7.11 Å². The molecule has 21 heavy (non-hydrogen) atoms. The number of fused-ring (bicyclic) bond motifs is 1. The first-order valence-electron chi connectivity index (χ1n) is 7.63. The van der Waals surface area contributed by atoms with Crippen molar-refractivity contribution in [1.82, 2.24) is 4.98 Å². The van der Waals surface area contributed by atoms with Crippen LogP contribution in [0.25, 0.3) is 10.8 Å². The number of ether oxygens (including phenoxy) is 2. The molecule has 0 amide bonds. The maximum atomic E-state index is 6.25. The third-order valence-electron chi connectivity index (χ3n) is 4.20. The predicted octanol–water partition coefficient (Wildman–Crippen LogP) is 3.28. The fourth-order valence-corrected chi connectivity index (χ4v) is 2.93. The summed E-state index contributed by atoms with van der Waals surface area (Å²) in [6.07, 6.45) is 7.47. The van der Waals surface area contributed by atoms with E-state index in [-0.39, 0.29) is 12.1 Å². The number of nitrogens with zero attached hydrogens (tertiary/aromatic N) is 1. The Bertz CT molecular complexity index is 615. The lowest BCUT2D eigenvalue weighted by molar-refractivity contribution is 0.158. The maximum Gasteiger partial charge on any atom is 0.221 e. The lowest BCUT2D eigenvalue weighted by Gasteiger charge is -2.23. The Morgan fingerprint density at radius 2 is 2.00 bits per heavy atom. The second-order valence-corrected chi connectivity index (χ2v) is 5.66. The van der Waals surface area contributed by atoms with Crippen molar-refractivity contribution in [2.45, 2.75) is 44.2 Å². The summed E-state index contributed by atoms with van der Waals surface area (Å²) in [4.78, 5) is 4.41. The Labute approximate surface area is 125 Å². The monoisotopic (exact) mass is 286 g/mol. The molecule has 112 valence electrons. The molecule has 1 aromatic carbocycles. The molecule has 3 rings (SSSR count). The molecule has 1 fully saturated rings. The van der Waals surface area contributed by atoms with Gasteiger partial charge in [0.1, 0.15) is 11.9 Å². The highest BCUT2D eigenvalue weighted by molar-refractivity contribution is 5.87. The van der Waals surface area contributed by atoms with Crippen LogP contribution in [0.2, 0.25) is 0 Å². The molecule has 1 heterocycles. The van der Waals surface area contributed by atoms with Crippen LogP contribution in [0.15, 0.2) is 30.5 Å². The van der Waals surface area contributed by atoms with Gasteiger partial charge in [0, 0.05) is 17.6 Å². The molecule has 0 saturated heterocycles. The third kappa shape index (κ3) is 3.10. The summed E-state index contributed by atoms with van der Waals surface area (Å²) >= 11 is 0. The van der Waals surface area contributed by atoms with Crippen LogP contribution in [0.1, 0.15) is 32.1 Å². The fourth-order valence-electron chi connectivity index (χ4n) is 2.93. The van der Waals surface area contributed by atoms with E-state index in [0.29, 0.717) is 5.88 Å². The Hall–Kier alpha value is -1.81. The molecule has 0 radical (unpaired) electrons. The maximum absolute atomic E-state index is 6.25. The first-order valence-corrected chi connectivity index (χ1v) is 7.63. The molecule has 0 spiro atoms. The number of hydrogen-bond acceptors (Lipinski definition) is 4. The Kier molecular flexibility index (Phi) is 4.25. The number of methoxy groups -OCH3 is 1. The lowest BCUT2D eigenvalue weighted by Crippen LogP contribution is -2.38. The highest BCUT2D eigenvalue weighted by Gasteiger charge is 2.23. The van der Waals surface area contributed by atoms with E-state index in [9.17, 15) is 0 Å². The standard InChI is InChI=1S/C17H22N2O2/c1-20-13-8-7-12-9-10-19-17(14(12)11-13)21-16-6-4-2-3-5-15(16)18/h7-11,15-16H,2-6,18H2,1H3. The summed E-state index contributed by atoms with van der Waals surface area (Å²) in [5.74, 6) is 1.47. The molecule has 4 heteroatoms. The van der Waals surface area contributed by atoms with Crippen molar-refractivity contribution in [2.24, 2.45) is 5.73 Å². The molecule has 0 aliphatic heterocycles. The van der Waals surface area contributed by atoms with Crippen LogP contribution in [0.4, 0.5) is 0 Å². The summed E-state index contributed by atoms with van der Waals surface area (Å²) in [6.45, 7) is 0. The van der Waals surface area contributed by atoms with Crippen LogP contribution in [0, 0.1) is 0 Å². The molecule has 1 aliphatic rings. The van der Waals surface area contributed by atoms with Gasteiger partial charge in [-0.3, -0.25) is 0 Å². The van der Waals surface area contributed by atoms with Crippen molar-refractivity contribution in [3.63, 3.8) is 0 Å². The molecule has 2 aromatic rings. The van der Waals surface area contributed by atoms with Crippen molar-refractivity contribution in [1.29, 1.82) is 0 Å². The van der Waals surface area contributed by atoms with Gasteiger partial charge in [-0.1, -0.05) is 18.9 Å². The van der Waals surface area contributed by atoms with Crippen LogP contribution >= 0.6 is 0 Å². The number of nitrogens with two attached hydrogens (primary N) is 1. The van der Waals surface area contributed by atoms with E-state index in [1.54, 1.807) is 13.3 Å². The SMILES string of the molecule is COc1ccc2ccnc(OC3CCCCCC3N)c2c1. The summed E-state index contributed by atoms with van der Waals surface area (Å²) in [6, 6.07) is 8.02. The number of aromatic nitrogens is 1. The van der Waals surface area contributed by atoms with Gasteiger partial charge in [0.15, 0.2) is 0 Å². The van der Waals surface area contributed by atoms with Crippen molar-refractivity contribution in [3.8, 4) is 11.6 Å². The van der Waals surface area contributed by atoms with Gasteiger partial charge in [-0.2, -0.15) is 0 Å². The van der Waals surface area contributed by atoms with Crippen molar-refractivity contribution >= 4 is 10.8 Å². The van der Waals surface area contributed by atoms with E-state index in [2.05, 4.69) is 4.98 Å². The van der Waals surface area contributed by atoms with Gasteiger partial charge in [-0.25, -0.2) is 4.98 Å². The van der Waals surface area contributed by atoms with E-state index in [1.165, 1.54) is 19.3 Å². The highest BCUT2D eigenvalue weighted by Crippen LogP contribution is 2.29. The summed E-state index contributed by atoms with van der Waals surface area (Å²) in [7, 11) is 1.67. The molecular formula is C17H22N2O2. The normalized spacial score (nSPS) is 22.8. The van der Waals surface area contributed by atoms with Crippen LogP contribution in [-0.4, -0.2) is 24.2 Å². The van der Waals surface area contributed by atoms with Gasteiger partial charge in [0.2, 0.25) is 5.88 Å².